The minimum Gasteiger partial charge on any atom is -0.462 e. The Morgan fingerprint density at radius 1 is 0.500 bits per heavy atom. The monoisotopic (exact) mass is 917 g/mol. The van der Waals surface area contributed by atoms with E-state index in [2.05, 4.69) is 38.2 Å². The molecule has 1 unspecified atom stereocenters. The van der Waals surface area contributed by atoms with Crippen molar-refractivity contribution in [1.82, 2.24) is 0 Å². The first-order valence-corrected chi connectivity index (χ1v) is 24.9. The average molecular weight is 917 g/mol. The fourth-order valence-corrected chi connectivity index (χ4v) is 7.78. The highest BCUT2D eigenvalue weighted by atomic mass is 16.7. The van der Waals surface area contributed by atoms with Crippen LogP contribution in [0.2, 0.25) is 0 Å². The Hall–Kier alpha value is -2.02. The molecule has 2 rings (SSSR count). The maximum atomic E-state index is 13.0. The third-order valence-electron chi connectivity index (χ3n) is 11.9. The molecule has 15 heteroatoms. The van der Waals surface area contributed by atoms with E-state index in [0.717, 1.165) is 64.2 Å². The van der Waals surface area contributed by atoms with Crippen LogP contribution in [0.3, 0.4) is 0 Å². The standard InChI is InChI=1S/C49H88O15/c1-3-5-7-9-11-13-15-17-18-20-22-24-26-28-30-32-41(52)62-37(34-59-40(51)31-29-27-25-23-21-19-16-14-12-10-8-6-4-2)35-60-48-47(58)45(56)43(54)39(64-48)36-61-49-46(57)44(55)42(53)38(33-50)63-49/h11,13,17-18,37-39,42-50,53-58H,3-10,12,14-16,19-36H2,1-2H3/b13-11-,18-17-/t37?,38-,39-,42+,43+,44+,45+,46-,47-,48-,49+/m1/s1. The molecule has 64 heavy (non-hydrogen) atoms. The van der Waals surface area contributed by atoms with Crippen molar-refractivity contribution < 1.29 is 73.8 Å². The van der Waals surface area contributed by atoms with Crippen LogP contribution in [0, 0.1) is 0 Å². The van der Waals surface area contributed by atoms with Gasteiger partial charge in [0.25, 0.3) is 0 Å². The van der Waals surface area contributed by atoms with E-state index in [1.165, 1.54) is 77.0 Å². The summed E-state index contributed by atoms with van der Waals surface area (Å²) in [6.07, 6.45) is 19.2. The van der Waals surface area contributed by atoms with Gasteiger partial charge in [-0.05, 0) is 44.9 Å². The van der Waals surface area contributed by atoms with Gasteiger partial charge in [-0.2, -0.15) is 0 Å². The van der Waals surface area contributed by atoms with Gasteiger partial charge in [0.15, 0.2) is 18.7 Å². The van der Waals surface area contributed by atoms with Gasteiger partial charge >= 0.3 is 11.9 Å². The molecule has 15 nitrogen and oxygen atoms in total. The van der Waals surface area contributed by atoms with Crippen LogP contribution in [0.1, 0.15) is 181 Å². The Balaban J connectivity index is 1.83. The lowest BCUT2D eigenvalue weighted by atomic mass is 9.98. The molecule has 374 valence electrons. The molecule has 0 aliphatic carbocycles. The molecule has 0 saturated carbocycles. The number of rotatable bonds is 38. The van der Waals surface area contributed by atoms with Crippen molar-refractivity contribution in [3.05, 3.63) is 24.3 Å². The van der Waals surface area contributed by atoms with Gasteiger partial charge in [0, 0.05) is 12.8 Å². The quantitative estimate of drug-likeness (QED) is 0.0203. The molecule has 0 aromatic heterocycles. The summed E-state index contributed by atoms with van der Waals surface area (Å²) in [4.78, 5) is 25.7. The summed E-state index contributed by atoms with van der Waals surface area (Å²) < 4.78 is 33.5. The number of hydrogen-bond acceptors (Lipinski definition) is 15. The summed E-state index contributed by atoms with van der Waals surface area (Å²) in [5.74, 6) is -0.936. The predicted molar refractivity (Wildman–Crippen MR) is 243 cm³/mol. The van der Waals surface area contributed by atoms with Crippen LogP contribution in [0.25, 0.3) is 0 Å². The lowest BCUT2D eigenvalue weighted by molar-refractivity contribution is -0.332. The van der Waals surface area contributed by atoms with Gasteiger partial charge in [0.1, 0.15) is 55.4 Å². The van der Waals surface area contributed by atoms with Crippen molar-refractivity contribution in [2.24, 2.45) is 0 Å². The van der Waals surface area contributed by atoms with Crippen molar-refractivity contribution in [2.45, 2.75) is 248 Å². The topological polar surface area (TPSA) is 231 Å². The molecule has 2 aliphatic heterocycles. The van der Waals surface area contributed by atoms with Crippen molar-refractivity contribution in [3.8, 4) is 0 Å². The summed E-state index contributed by atoms with van der Waals surface area (Å²) in [6, 6.07) is 0. The Morgan fingerprint density at radius 2 is 0.938 bits per heavy atom. The van der Waals surface area contributed by atoms with Gasteiger partial charge in [-0.3, -0.25) is 9.59 Å². The molecule has 2 aliphatic rings. The third kappa shape index (κ3) is 25.2. The molecule has 2 fully saturated rings. The predicted octanol–water partition coefficient (Wildman–Crippen LogP) is 6.38. The zero-order valence-electron chi connectivity index (χ0n) is 39.3. The molecule has 7 N–H and O–H groups in total. The van der Waals surface area contributed by atoms with Crippen molar-refractivity contribution >= 4 is 11.9 Å². The number of carbonyl (C=O) groups is 2. The highest BCUT2D eigenvalue weighted by Gasteiger charge is 2.47. The van der Waals surface area contributed by atoms with E-state index in [-0.39, 0.29) is 26.1 Å². The smallest absolute Gasteiger partial charge is 0.306 e. The van der Waals surface area contributed by atoms with Crippen LogP contribution in [0.5, 0.6) is 0 Å². The lowest BCUT2D eigenvalue weighted by Crippen LogP contribution is -2.61. The van der Waals surface area contributed by atoms with Crippen molar-refractivity contribution in [2.75, 3.05) is 26.4 Å². The van der Waals surface area contributed by atoms with Crippen LogP contribution in [0.4, 0.5) is 0 Å². The number of allylic oxidation sites excluding steroid dienone is 4. The Kier molecular flexibility index (Phi) is 33.6. The molecular formula is C49H88O15. The summed E-state index contributed by atoms with van der Waals surface area (Å²) in [5, 5.41) is 72.0. The van der Waals surface area contributed by atoms with Crippen molar-refractivity contribution in [1.29, 1.82) is 0 Å². The third-order valence-corrected chi connectivity index (χ3v) is 11.9. The zero-order chi connectivity index (χ0) is 46.8. The number of aliphatic hydroxyl groups is 7. The summed E-state index contributed by atoms with van der Waals surface area (Å²) in [6.45, 7) is 2.55. The fraction of sp³-hybridized carbons (Fsp3) is 0.878. The van der Waals surface area contributed by atoms with Gasteiger partial charge in [-0.1, -0.05) is 147 Å². The highest BCUT2D eigenvalue weighted by molar-refractivity contribution is 5.70. The van der Waals surface area contributed by atoms with E-state index >= 15 is 0 Å². The molecule has 2 heterocycles. The second kappa shape index (κ2) is 37.0. The largest absolute Gasteiger partial charge is 0.462 e. The summed E-state index contributed by atoms with van der Waals surface area (Å²) >= 11 is 0. The van der Waals surface area contributed by atoms with E-state index in [1.54, 1.807) is 0 Å². The van der Waals surface area contributed by atoms with E-state index in [4.69, 9.17) is 28.4 Å². The number of unbranched alkanes of at least 4 members (excludes halogenated alkanes) is 20. The number of hydrogen-bond donors (Lipinski definition) is 7. The SMILES string of the molecule is CCCCC/C=C\C/C=C\CCCCCCCC(=O)OC(COC(=O)CCCCCCCCCCCCCCC)CO[C@@H]1O[C@H](CO[C@H]2O[C@H](CO)[C@H](O)[C@H](O)[C@H]2O)[C@H](O)[C@H](O)[C@H]1O. The van der Waals surface area contributed by atoms with E-state index in [0.29, 0.717) is 12.8 Å². The fourth-order valence-electron chi connectivity index (χ4n) is 7.78. The summed E-state index contributed by atoms with van der Waals surface area (Å²) in [7, 11) is 0. The molecule has 0 bridgehead atoms. The molecular weight excluding hydrogens is 829 g/mol. The minimum atomic E-state index is -1.76. The Labute approximate surface area is 383 Å². The molecule has 0 aromatic rings. The van der Waals surface area contributed by atoms with Gasteiger partial charge in [-0.25, -0.2) is 0 Å². The van der Waals surface area contributed by atoms with Crippen LogP contribution in [-0.4, -0.2) is 142 Å². The number of aliphatic hydroxyl groups excluding tert-OH is 7. The van der Waals surface area contributed by atoms with E-state index in [1.807, 2.05) is 0 Å². The Morgan fingerprint density at radius 3 is 1.48 bits per heavy atom. The number of carbonyl (C=O) groups excluding carboxylic acids is 2. The first kappa shape index (κ1) is 58.1. The first-order valence-electron chi connectivity index (χ1n) is 24.9. The Bertz CT molecular complexity index is 1220. The molecule has 0 aromatic carbocycles. The number of esters is 2. The van der Waals surface area contributed by atoms with Gasteiger partial charge in [0.2, 0.25) is 0 Å². The van der Waals surface area contributed by atoms with Gasteiger partial charge in [0.05, 0.1) is 19.8 Å². The average Bonchev–Trinajstić information content (AvgIpc) is 3.29. The highest BCUT2D eigenvalue weighted by Crippen LogP contribution is 2.26. The van der Waals surface area contributed by atoms with E-state index in [9.17, 15) is 45.3 Å². The molecule has 0 amide bonds. The maximum absolute atomic E-state index is 13.0. The van der Waals surface area contributed by atoms with Crippen molar-refractivity contribution in [3.63, 3.8) is 0 Å². The lowest BCUT2D eigenvalue weighted by Gasteiger charge is -2.42. The molecule has 0 radical (unpaired) electrons. The minimum absolute atomic E-state index is 0.152. The van der Waals surface area contributed by atoms with Crippen LogP contribution >= 0.6 is 0 Å². The van der Waals surface area contributed by atoms with Gasteiger partial charge < -0.3 is 64.2 Å². The zero-order valence-corrected chi connectivity index (χ0v) is 39.3. The number of ether oxygens (including phenoxy) is 6. The molecule has 11 atom stereocenters. The molecule has 0 spiro atoms. The second-order valence-corrected chi connectivity index (χ2v) is 17.6. The molecule has 2 saturated heterocycles. The second-order valence-electron chi connectivity index (χ2n) is 17.6. The van der Waals surface area contributed by atoms with Crippen LogP contribution in [-0.2, 0) is 38.0 Å². The van der Waals surface area contributed by atoms with Crippen LogP contribution < -0.4 is 0 Å². The maximum Gasteiger partial charge on any atom is 0.306 e. The van der Waals surface area contributed by atoms with Crippen LogP contribution in [0.15, 0.2) is 24.3 Å². The van der Waals surface area contributed by atoms with Gasteiger partial charge in [-0.15, -0.1) is 0 Å². The first-order chi connectivity index (χ1) is 31.0. The summed E-state index contributed by atoms with van der Waals surface area (Å²) in [5.41, 5.74) is 0. The normalized spacial score (nSPS) is 26.8. The van der Waals surface area contributed by atoms with E-state index < -0.39 is 92.7 Å².